The van der Waals surface area contributed by atoms with Crippen molar-refractivity contribution in [1.29, 1.82) is 0 Å². The molecule has 18 heavy (non-hydrogen) atoms. The van der Waals surface area contributed by atoms with Gasteiger partial charge >= 0.3 is 11.9 Å². The molecule has 0 spiro atoms. The molecule has 0 aliphatic heterocycles. The molecule has 0 amide bonds. The van der Waals surface area contributed by atoms with Gasteiger partial charge < -0.3 is 9.47 Å². The summed E-state index contributed by atoms with van der Waals surface area (Å²) >= 11 is 0. The topological polar surface area (TPSA) is 52.6 Å². The van der Waals surface area contributed by atoms with Crippen molar-refractivity contribution in [2.45, 2.75) is 19.8 Å². The second kappa shape index (κ2) is 9.92. The van der Waals surface area contributed by atoms with Crippen LogP contribution < -0.4 is 0 Å². The maximum absolute atomic E-state index is 11.0. The van der Waals surface area contributed by atoms with Gasteiger partial charge in [0.25, 0.3) is 0 Å². The molecule has 4 nitrogen and oxygen atoms in total. The van der Waals surface area contributed by atoms with Crippen molar-refractivity contribution < 1.29 is 38.5 Å². The fourth-order valence-corrected chi connectivity index (χ4v) is 1.24. The monoisotopic (exact) mass is 299 g/mol. The standard InChI is InChI=1S/C13H15O4.Zn/c1-11(14)17-13(15)8-10-16-9-7-12-5-3-2-4-6-12;/h2-3,5-6H,7-10H2,1H3;/q-1;. The molecule has 0 bridgehead atoms. The molecule has 0 aliphatic carbocycles. The van der Waals surface area contributed by atoms with Crippen LogP contribution in [0.4, 0.5) is 0 Å². The van der Waals surface area contributed by atoms with Crippen LogP contribution in [0.25, 0.3) is 0 Å². The molecule has 0 aromatic heterocycles. The third-order valence-corrected chi connectivity index (χ3v) is 2.01. The Bertz CT molecular complexity index is 365. The van der Waals surface area contributed by atoms with Crippen LogP contribution in [-0.4, -0.2) is 25.2 Å². The Morgan fingerprint density at radius 2 is 2.11 bits per heavy atom. The van der Waals surface area contributed by atoms with Crippen LogP contribution in [0, 0.1) is 6.07 Å². The van der Waals surface area contributed by atoms with Crippen LogP contribution in [-0.2, 0) is 45.0 Å². The Kier molecular flexibility index (Phi) is 9.34. The third kappa shape index (κ3) is 8.10. The van der Waals surface area contributed by atoms with Gasteiger partial charge in [0.15, 0.2) is 0 Å². The Labute approximate surface area is 119 Å². The maximum Gasteiger partial charge on any atom is 0.315 e. The van der Waals surface area contributed by atoms with E-state index in [1.165, 1.54) is 6.92 Å². The van der Waals surface area contributed by atoms with Gasteiger partial charge in [0, 0.05) is 33.0 Å². The number of rotatable bonds is 6. The summed E-state index contributed by atoms with van der Waals surface area (Å²) in [5, 5.41) is 0. The maximum atomic E-state index is 11.0. The molecule has 0 fully saturated rings. The normalized spacial score (nSPS) is 9.39. The molecule has 0 aliphatic rings. The Morgan fingerprint density at radius 3 is 2.72 bits per heavy atom. The molecule has 0 unspecified atom stereocenters. The van der Waals surface area contributed by atoms with Gasteiger partial charge in [-0.25, -0.2) is 0 Å². The van der Waals surface area contributed by atoms with Gasteiger partial charge in [0.2, 0.25) is 0 Å². The van der Waals surface area contributed by atoms with Gasteiger partial charge in [-0.15, -0.1) is 0 Å². The van der Waals surface area contributed by atoms with Crippen molar-refractivity contribution in [2.24, 2.45) is 0 Å². The smallest absolute Gasteiger partial charge is 0.315 e. The number of carbonyl (C=O) groups excluding carboxylic acids is 2. The SMILES string of the molecule is CC(=O)OC(=O)CCOCCc1c[c-]ccc1.[Zn]. The summed E-state index contributed by atoms with van der Waals surface area (Å²) in [6.07, 6.45) is 0.875. The quantitative estimate of drug-likeness (QED) is 0.263. The minimum absolute atomic E-state index is 0. The molecule has 1 rings (SSSR count). The van der Waals surface area contributed by atoms with Gasteiger partial charge in [0.05, 0.1) is 13.0 Å². The third-order valence-electron chi connectivity index (χ3n) is 2.01. The van der Waals surface area contributed by atoms with Gasteiger partial charge in [-0.3, -0.25) is 9.59 Å². The molecule has 0 saturated carbocycles. The van der Waals surface area contributed by atoms with Crippen LogP contribution in [0.5, 0.6) is 0 Å². The first-order valence-corrected chi connectivity index (χ1v) is 5.42. The zero-order valence-electron chi connectivity index (χ0n) is 10.5. The molecule has 0 heterocycles. The van der Waals surface area contributed by atoms with Crippen LogP contribution in [0.1, 0.15) is 18.9 Å². The second-order valence-corrected chi connectivity index (χ2v) is 3.49. The molecule has 5 heteroatoms. The van der Waals surface area contributed by atoms with Crippen LogP contribution in [0.2, 0.25) is 0 Å². The minimum Gasteiger partial charge on any atom is -0.393 e. The predicted molar refractivity (Wildman–Crippen MR) is 61.2 cm³/mol. The molecule has 0 saturated heterocycles. The fourth-order valence-electron chi connectivity index (χ4n) is 1.24. The van der Waals surface area contributed by atoms with Gasteiger partial charge in [-0.2, -0.15) is 35.9 Å². The molecular formula is C13H15O4Zn-. The first kappa shape index (κ1) is 16.9. The van der Waals surface area contributed by atoms with Crippen LogP contribution in [0.3, 0.4) is 0 Å². The van der Waals surface area contributed by atoms with Crippen molar-refractivity contribution in [1.82, 2.24) is 0 Å². The summed E-state index contributed by atoms with van der Waals surface area (Å²) in [7, 11) is 0. The van der Waals surface area contributed by atoms with Crippen molar-refractivity contribution >= 4 is 11.9 Å². The van der Waals surface area contributed by atoms with Gasteiger partial charge in [-0.1, -0.05) is 6.42 Å². The average Bonchev–Trinajstić information content (AvgIpc) is 2.29. The predicted octanol–water partition coefficient (Wildman–Crippen LogP) is 1.52. The minimum atomic E-state index is -0.588. The van der Waals surface area contributed by atoms with Crippen molar-refractivity contribution in [3.63, 3.8) is 0 Å². The van der Waals surface area contributed by atoms with E-state index in [-0.39, 0.29) is 32.5 Å². The average molecular weight is 301 g/mol. The number of hydrogen-bond acceptors (Lipinski definition) is 4. The Balaban J connectivity index is 0.00000289. The number of carbonyl (C=O) groups is 2. The second-order valence-electron chi connectivity index (χ2n) is 3.49. The molecule has 94 valence electrons. The van der Waals surface area contributed by atoms with Crippen LogP contribution in [0.15, 0.2) is 24.3 Å². The van der Waals surface area contributed by atoms with E-state index in [0.717, 1.165) is 12.0 Å². The van der Waals surface area contributed by atoms with E-state index in [2.05, 4.69) is 10.8 Å². The summed E-state index contributed by atoms with van der Waals surface area (Å²) in [6, 6.07) is 10.6. The molecule has 1 aromatic carbocycles. The molecule has 0 atom stereocenters. The van der Waals surface area contributed by atoms with E-state index < -0.39 is 11.9 Å². The largest absolute Gasteiger partial charge is 0.393 e. The van der Waals surface area contributed by atoms with E-state index in [1.54, 1.807) is 0 Å². The zero-order valence-corrected chi connectivity index (χ0v) is 13.4. The van der Waals surface area contributed by atoms with Crippen LogP contribution >= 0.6 is 0 Å². The van der Waals surface area contributed by atoms with Gasteiger partial charge in [0.1, 0.15) is 0 Å². The Hall–Kier alpha value is -1.06. The molecule has 0 radical (unpaired) electrons. The molecule has 0 N–H and O–H groups in total. The number of ether oxygens (including phenoxy) is 2. The first-order chi connectivity index (χ1) is 8.18. The summed E-state index contributed by atoms with van der Waals surface area (Å²) in [6.45, 7) is 2.00. The van der Waals surface area contributed by atoms with E-state index in [4.69, 9.17) is 4.74 Å². The fraction of sp³-hybridized carbons (Fsp3) is 0.385. The van der Waals surface area contributed by atoms with E-state index in [1.807, 2.05) is 24.3 Å². The van der Waals surface area contributed by atoms with Crippen molar-refractivity contribution in [2.75, 3.05) is 13.2 Å². The summed E-state index contributed by atoms with van der Waals surface area (Å²) < 4.78 is 9.62. The van der Waals surface area contributed by atoms with E-state index >= 15 is 0 Å². The Morgan fingerprint density at radius 1 is 1.33 bits per heavy atom. The molecule has 1 aromatic rings. The summed E-state index contributed by atoms with van der Waals surface area (Å²) in [4.78, 5) is 21.4. The van der Waals surface area contributed by atoms with Gasteiger partial charge in [-0.05, 0) is 0 Å². The zero-order chi connectivity index (χ0) is 12.5. The summed E-state index contributed by atoms with van der Waals surface area (Å²) in [5.41, 5.74) is 1.14. The number of hydrogen-bond donors (Lipinski definition) is 0. The molecular weight excluding hydrogens is 286 g/mol. The summed E-state index contributed by atoms with van der Waals surface area (Å²) in [5.74, 6) is -1.14. The van der Waals surface area contributed by atoms with Crippen molar-refractivity contribution in [3.8, 4) is 0 Å². The van der Waals surface area contributed by atoms with E-state index in [9.17, 15) is 9.59 Å². The first-order valence-electron chi connectivity index (χ1n) is 5.42. The van der Waals surface area contributed by atoms with Crippen molar-refractivity contribution in [3.05, 3.63) is 35.9 Å². The van der Waals surface area contributed by atoms with E-state index in [0.29, 0.717) is 6.61 Å². The number of esters is 2. The number of benzene rings is 1.